The lowest BCUT2D eigenvalue weighted by Crippen LogP contribution is -2.24. The zero-order valence-electron chi connectivity index (χ0n) is 9.43. The van der Waals surface area contributed by atoms with Gasteiger partial charge in [0.15, 0.2) is 0 Å². The first-order valence-corrected chi connectivity index (χ1v) is 5.50. The van der Waals surface area contributed by atoms with Crippen molar-refractivity contribution < 1.29 is 5.11 Å². The second-order valence-electron chi connectivity index (χ2n) is 4.30. The van der Waals surface area contributed by atoms with Crippen molar-refractivity contribution in [1.82, 2.24) is 0 Å². The van der Waals surface area contributed by atoms with E-state index in [4.69, 9.17) is 0 Å². The van der Waals surface area contributed by atoms with E-state index in [9.17, 15) is 5.11 Å². The van der Waals surface area contributed by atoms with Gasteiger partial charge in [-0.3, -0.25) is 0 Å². The van der Waals surface area contributed by atoms with Gasteiger partial charge in [-0.05, 0) is 18.1 Å². The Bertz CT molecular complexity index is 432. The Balaban J connectivity index is 2.21. The fraction of sp³-hybridized carbons (Fsp3) is 0.200. The molecule has 0 aromatic heterocycles. The molecule has 0 saturated carbocycles. The third-order valence-corrected chi connectivity index (χ3v) is 2.79. The number of benzene rings is 2. The lowest BCUT2D eigenvalue weighted by molar-refractivity contribution is 0.0576. The molecule has 2 aromatic rings. The molecule has 0 aliphatic rings. The zero-order chi connectivity index (χ0) is 11.4. The van der Waals surface area contributed by atoms with Gasteiger partial charge in [-0.2, -0.15) is 0 Å². The molecule has 0 bridgehead atoms. The van der Waals surface area contributed by atoms with Crippen LogP contribution in [-0.4, -0.2) is 5.11 Å². The lowest BCUT2D eigenvalue weighted by Gasteiger charge is -2.23. The highest BCUT2D eigenvalue weighted by molar-refractivity contribution is 5.25. The Hall–Kier alpha value is -1.60. The summed E-state index contributed by atoms with van der Waals surface area (Å²) in [5.41, 5.74) is 1.30. The van der Waals surface area contributed by atoms with Crippen LogP contribution in [0.5, 0.6) is 0 Å². The first-order valence-electron chi connectivity index (χ1n) is 5.50. The predicted molar refractivity (Wildman–Crippen MR) is 66.2 cm³/mol. The highest BCUT2D eigenvalue weighted by Gasteiger charge is 2.22. The first-order chi connectivity index (χ1) is 7.68. The molecule has 0 spiro atoms. The summed E-state index contributed by atoms with van der Waals surface area (Å²) in [6.45, 7) is 1.86. The molecule has 1 unspecified atom stereocenters. The molecular formula is C15H16O. The van der Waals surface area contributed by atoms with Gasteiger partial charge in [0.2, 0.25) is 0 Å². The molecule has 0 fully saturated rings. The summed E-state index contributed by atoms with van der Waals surface area (Å²) in [7, 11) is 0. The van der Waals surface area contributed by atoms with Crippen molar-refractivity contribution in [3.05, 3.63) is 71.8 Å². The summed E-state index contributed by atoms with van der Waals surface area (Å²) in [5, 5.41) is 10.4. The van der Waals surface area contributed by atoms with Gasteiger partial charge in [-0.15, -0.1) is 0 Å². The molecule has 0 aliphatic carbocycles. The molecule has 82 valence electrons. The molecule has 1 atom stereocenters. The number of hydrogen-bond donors (Lipinski definition) is 1. The fourth-order valence-electron chi connectivity index (χ4n) is 1.89. The van der Waals surface area contributed by atoms with Gasteiger partial charge in [0, 0.05) is 6.42 Å². The average molecular weight is 212 g/mol. The van der Waals surface area contributed by atoms with Gasteiger partial charge in [0.05, 0.1) is 5.60 Å². The average Bonchev–Trinajstić information content (AvgIpc) is 2.31. The summed E-state index contributed by atoms with van der Waals surface area (Å²) >= 11 is 0. The number of aliphatic hydroxyl groups is 1. The summed E-state index contributed by atoms with van der Waals surface area (Å²) in [5.74, 6) is 0. The smallest absolute Gasteiger partial charge is 0.0908 e. The van der Waals surface area contributed by atoms with E-state index in [1.54, 1.807) is 0 Å². The van der Waals surface area contributed by atoms with E-state index in [-0.39, 0.29) is 0 Å². The molecule has 1 N–H and O–H groups in total. The molecule has 0 heterocycles. The fourth-order valence-corrected chi connectivity index (χ4v) is 1.89. The molecule has 1 nitrogen and oxygen atoms in total. The van der Waals surface area contributed by atoms with Crippen LogP contribution in [0.2, 0.25) is 0 Å². The summed E-state index contributed by atoms with van der Waals surface area (Å²) in [4.78, 5) is 0. The van der Waals surface area contributed by atoms with Gasteiger partial charge in [-0.25, -0.2) is 0 Å². The lowest BCUT2D eigenvalue weighted by atomic mass is 9.89. The Morgan fingerprint density at radius 2 is 1.38 bits per heavy atom. The second kappa shape index (κ2) is 4.50. The first kappa shape index (κ1) is 10.9. The van der Waals surface area contributed by atoms with Crippen molar-refractivity contribution >= 4 is 0 Å². The van der Waals surface area contributed by atoms with E-state index >= 15 is 0 Å². The van der Waals surface area contributed by atoms with Crippen molar-refractivity contribution in [3.8, 4) is 0 Å². The number of hydrogen-bond acceptors (Lipinski definition) is 1. The van der Waals surface area contributed by atoms with Crippen molar-refractivity contribution in [2.75, 3.05) is 0 Å². The van der Waals surface area contributed by atoms with Crippen LogP contribution in [0.4, 0.5) is 0 Å². The molecule has 0 saturated heterocycles. The Labute approximate surface area is 96.4 Å². The maximum absolute atomic E-state index is 10.4. The van der Waals surface area contributed by atoms with Crippen LogP contribution >= 0.6 is 0 Å². The van der Waals surface area contributed by atoms with Gasteiger partial charge in [-0.1, -0.05) is 60.7 Å². The van der Waals surface area contributed by atoms with Crippen LogP contribution < -0.4 is 0 Å². The van der Waals surface area contributed by atoms with Gasteiger partial charge in [0.25, 0.3) is 0 Å². The zero-order valence-corrected chi connectivity index (χ0v) is 9.43. The van der Waals surface area contributed by atoms with Crippen LogP contribution in [0, 0.1) is 0 Å². The topological polar surface area (TPSA) is 20.2 Å². The number of rotatable bonds is 3. The quantitative estimate of drug-likeness (QED) is 0.828. The van der Waals surface area contributed by atoms with Crippen LogP contribution in [-0.2, 0) is 12.0 Å². The molecule has 0 amide bonds. The predicted octanol–water partition coefficient (Wildman–Crippen LogP) is 3.14. The highest BCUT2D eigenvalue weighted by Crippen LogP contribution is 2.24. The minimum absolute atomic E-state index is 0.637. The largest absolute Gasteiger partial charge is 0.385 e. The van der Waals surface area contributed by atoms with E-state index < -0.39 is 5.60 Å². The van der Waals surface area contributed by atoms with E-state index in [0.29, 0.717) is 6.42 Å². The Kier molecular flexibility index (Phi) is 3.07. The molecular weight excluding hydrogens is 196 g/mol. The summed E-state index contributed by atoms with van der Waals surface area (Å²) < 4.78 is 0. The minimum atomic E-state index is -0.803. The van der Waals surface area contributed by atoms with Crippen LogP contribution in [0.25, 0.3) is 0 Å². The van der Waals surface area contributed by atoms with Crippen molar-refractivity contribution in [1.29, 1.82) is 0 Å². The third kappa shape index (κ3) is 2.50. The maximum atomic E-state index is 10.4. The van der Waals surface area contributed by atoms with E-state index in [2.05, 4.69) is 0 Å². The standard InChI is InChI=1S/C15H16O/c1-15(16,14-10-6-3-7-11-14)12-13-8-4-2-5-9-13/h2-11,16H,12H2,1H3. The Morgan fingerprint density at radius 1 is 0.875 bits per heavy atom. The van der Waals surface area contributed by atoms with Crippen molar-refractivity contribution in [2.24, 2.45) is 0 Å². The summed E-state index contributed by atoms with van der Waals surface area (Å²) in [6.07, 6.45) is 0.637. The molecule has 0 aliphatic heterocycles. The van der Waals surface area contributed by atoms with Crippen molar-refractivity contribution in [3.63, 3.8) is 0 Å². The van der Waals surface area contributed by atoms with Gasteiger partial charge < -0.3 is 5.11 Å². The van der Waals surface area contributed by atoms with Gasteiger partial charge >= 0.3 is 0 Å². The summed E-state index contributed by atoms with van der Waals surface area (Å²) in [6, 6.07) is 19.8. The third-order valence-electron chi connectivity index (χ3n) is 2.79. The molecule has 0 radical (unpaired) electrons. The normalized spacial score (nSPS) is 14.4. The maximum Gasteiger partial charge on any atom is 0.0908 e. The van der Waals surface area contributed by atoms with Crippen LogP contribution in [0.15, 0.2) is 60.7 Å². The van der Waals surface area contributed by atoms with E-state index in [1.807, 2.05) is 67.6 Å². The molecule has 1 heteroatoms. The van der Waals surface area contributed by atoms with E-state index in [1.165, 1.54) is 0 Å². The van der Waals surface area contributed by atoms with E-state index in [0.717, 1.165) is 11.1 Å². The van der Waals surface area contributed by atoms with Gasteiger partial charge in [0.1, 0.15) is 0 Å². The Morgan fingerprint density at radius 3 is 1.94 bits per heavy atom. The molecule has 2 aromatic carbocycles. The molecule has 16 heavy (non-hydrogen) atoms. The highest BCUT2D eigenvalue weighted by atomic mass is 16.3. The minimum Gasteiger partial charge on any atom is -0.385 e. The van der Waals surface area contributed by atoms with Crippen LogP contribution in [0.1, 0.15) is 18.1 Å². The van der Waals surface area contributed by atoms with Crippen LogP contribution in [0.3, 0.4) is 0 Å². The SMILES string of the molecule is CC(O)(Cc1ccccc1)c1ccccc1. The molecule has 2 rings (SSSR count). The monoisotopic (exact) mass is 212 g/mol. The second-order valence-corrected chi connectivity index (χ2v) is 4.30. The van der Waals surface area contributed by atoms with Crippen molar-refractivity contribution in [2.45, 2.75) is 18.9 Å².